The quantitative estimate of drug-likeness (QED) is 0.584. The van der Waals surface area contributed by atoms with Gasteiger partial charge in [-0.1, -0.05) is 18.9 Å². The van der Waals surface area contributed by atoms with Crippen LogP contribution in [-0.2, 0) is 10.9 Å². The molecule has 0 radical (unpaired) electrons. The lowest BCUT2D eigenvalue weighted by atomic mass is 9.70. The Morgan fingerprint density at radius 2 is 1.58 bits per heavy atom. The predicted octanol–water partition coefficient (Wildman–Crippen LogP) is 6.28. The van der Waals surface area contributed by atoms with E-state index < -0.39 is 0 Å². The van der Waals surface area contributed by atoms with Crippen LogP contribution in [0.3, 0.4) is 0 Å². The summed E-state index contributed by atoms with van der Waals surface area (Å²) in [7, 11) is 0.536. The molecular weight excluding hydrogens is 328 g/mol. The molecule has 2 aromatic carbocycles. The topological polar surface area (TPSA) is 0 Å². The van der Waals surface area contributed by atoms with Crippen molar-refractivity contribution in [2.75, 3.05) is 11.5 Å². The lowest BCUT2D eigenvalue weighted by Crippen LogP contribution is -2.33. The van der Waals surface area contributed by atoms with E-state index in [0.29, 0.717) is 10.9 Å². The Labute approximate surface area is 153 Å². The maximum absolute atomic E-state index is 2.47. The Balaban J connectivity index is 1.36. The molecule has 1 aliphatic heterocycles. The van der Waals surface area contributed by atoms with Crippen LogP contribution < -0.4 is 0 Å². The van der Waals surface area contributed by atoms with E-state index in [1.54, 1.807) is 4.90 Å². The van der Waals surface area contributed by atoms with Crippen molar-refractivity contribution in [3.05, 3.63) is 36.4 Å². The average Bonchev–Trinajstić information content (AvgIpc) is 3.17. The summed E-state index contributed by atoms with van der Waals surface area (Å²) in [5.41, 5.74) is 0. The Morgan fingerprint density at radius 1 is 0.833 bits per heavy atom. The molecule has 3 saturated carbocycles. The van der Waals surface area contributed by atoms with Gasteiger partial charge in [-0.05, 0) is 79.0 Å². The van der Waals surface area contributed by atoms with Crippen molar-refractivity contribution in [2.45, 2.75) is 60.0 Å². The van der Waals surface area contributed by atoms with Gasteiger partial charge in [-0.3, -0.25) is 0 Å². The lowest BCUT2D eigenvalue weighted by molar-refractivity contribution is 0.184. The summed E-state index contributed by atoms with van der Waals surface area (Å²) in [6.45, 7) is 0. The van der Waals surface area contributed by atoms with Crippen molar-refractivity contribution in [1.82, 2.24) is 0 Å². The molecule has 2 aromatic rings. The van der Waals surface area contributed by atoms with Crippen molar-refractivity contribution in [3.63, 3.8) is 0 Å². The molecule has 1 saturated heterocycles. The Morgan fingerprint density at radius 3 is 2.33 bits per heavy atom. The van der Waals surface area contributed by atoms with Gasteiger partial charge in [-0.25, -0.2) is 0 Å². The van der Waals surface area contributed by atoms with Gasteiger partial charge >= 0.3 is 0 Å². The fraction of sp³-hybridized carbons (Fsp3) is 0.545. The minimum absolute atomic E-state index is 0.536. The SMILES string of the molecule is c1cc2cc([S+]3CCCC3)ccc2cc1SC1CC2CCC1CC2. The summed E-state index contributed by atoms with van der Waals surface area (Å²) < 4.78 is 0. The molecule has 1 atom stereocenters. The highest BCUT2D eigenvalue weighted by Gasteiger charge is 2.36. The molecule has 4 aliphatic rings. The molecule has 4 fully saturated rings. The third-order valence-corrected chi connectivity index (χ3v) is 10.3. The number of fused-ring (bicyclic) bond motifs is 4. The predicted molar refractivity (Wildman–Crippen MR) is 108 cm³/mol. The van der Waals surface area contributed by atoms with Crippen molar-refractivity contribution in [3.8, 4) is 0 Å². The fourth-order valence-corrected chi connectivity index (χ4v) is 8.84. The van der Waals surface area contributed by atoms with Crippen molar-refractivity contribution in [2.24, 2.45) is 11.8 Å². The van der Waals surface area contributed by atoms with Gasteiger partial charge in [-0.15, -0.1) is 11.8 Å². The second kappa shape index (κ2) is 6.61. The highest BCUT2D eigenvalue weighted by molar-refractivity contribution is 8.00. The second-order valence-electron chi connectivity index (χ2n) is 7.95. The van der Waals surface area contributed by atoms with Crippen LogP contribution in [0.4, 0.5) is 0 Å². The van der Waals surface area contributed by atoms with Gasteiger partial charge in [-0.2, -0.15) is 0 Å². The van der Waals surface area contributed by atoms with E-state index in [1.807, 2.05) is 0 Å². The van der Waals surface area contributed by atoms with Crippen LogP contribution in [-0.4, -0.2) is 16.8 Å². The number of rotatable bonds is 3. The molecule has 3 aliphatic carbocycles. The van der Waals surface area contributed by atoms with E-state index in [9.17, 15) is 0 Å². The Kier molecular flexibility index (Phi) is 4.31. The van der Waals surface area contributed by atoms with Crippen LogP contribution >= 0.6 is 11.8 Å². The van der Waals surface area contributed by atoms with Crippen molar-refractivity contribution < 1.29 is 0 Å². The molecule has 0 N–H and O–H groups in total. The molecule has 0 nitrogen and oxygen atoms in total. The van der Waals surface area contributed by atoms with Gasteiger partial charge in [0.15, 0.2) is 4.90 Å². The molecule has 0 amide bonds. The smallest absolute Gasteiger partial charge is 0.122 e. The largest absolute Gasteiger partial charge is 0.155 e. The number of thioether (sulfide) groups is 1. The summed E-state index contributed by atoms with van der Waals surface area (Å²) in [6.07, 6.45) is 10.3. The molecule has 126 valence electrons. The third-order valence-electron chi connectivity index (χ3n) is 6.42. The molecule has 0 aromatic heterocycles. The number of benzene rings is 2. The summed E-state index contributed by atoms with van der Waals surface area (Å²) in [5.74, 6) is 4.86. The van der Waals surface area contributed by atoms with Crippen LogP contribution in [0.25, 0.3) is 10.8 Å². The highest BCUT2D eigenvalue weighted by atomic mass is 32.2. The van der Waals surface area contributed by atoms with Crippen LogP contribution in [0.1, 0.15) is 44.9 Å². The first-order valence-electron chi connectivity index (χ1n) is 9.73. The van der Waals surface area contributed by atoms with Crippen LogP contribution in [0.2, 0.25) is 0 Å². The van der Waals surface area contributed by atoms with Gasteiger partial charge in [0, 0.05) is 27.1 Å². The molecule has 2 bridgehead atoms. The molecule has 24 heavy (non-hydrogen) atoms. The summed E-state index contributed by atoms with van der Waals surface area (Å²) >= 11 is 2.17. The van der Waals surface area contributed by atoms with E-state index in [4.69, 9.17) is 0 Å². The van der Waals surface area contributed by atoms with Gasteiger partial charge in [0.1, 0.15) is 11.5 Å². The second-order valence-corrected chi connectivity index (χ2v) is 11.5. The van der Waals surface area contributed by atoms with Crippen molar-refractivity contribution in [1.29, 1.82) is 0 Å². The summed E-state index contributed by atoms with van der Waals surface area (Å²) in [5, 5.41) is 3.77. The molecule has 6 rings (SSSR count). The fourth-order valence-electron chi connectivity index (χ4n) is 4.98. The molecule has 0 spiro atoms. The third kappa shape index (κ3) is 3.01. The summed E-state index contributed by atoms with van der Waals surface area (Å²) in [6, 6.07) is 14.5. The minimum Gasteiger partial charge on any atom is -0.122 e. The molecular formula is C22H27S2+. The van der Waals surface area contributed by atoms with E-state index in [0.717, 1.165) is 17.1 Å². The van der Waals surface area contributed by atoms with E-state index in [-0.39, 0.29) is 0 Å². The lowest BCUT2D eigenvalue weighted by Gasteiger charge is -2.42. The van der Waals surface area contributed by atoms with Crippen LogP contribution in [0.5, 0.6) is 0 Å². The van der Waals surface area contributed by atoms with E-state index in [2.05, 4.69) is 48.2 Å². The molecule has 1 heterocycles. The number of hydrogen-bond acceptors (Lipinski definition) is 1. The van der Waals surface area contributed by atoms with Crippen LogP contribution in [0.15, 0.2) is 46.2 Å². The van der Waals surface area contributed by atoms with E-state index in [1.165, 1.54) is 72.1 Å². The standard InChI is InChI=1S/C22H27S2/c1-2-12-24(11-1)21-10-8-18-14-20(9-7-19(18)15-21)23-22-13-16-3-5-17(22)6-4-16/h7-10,14-17,22H,1-6,11-13H2/q+1. The Hall–Kier alpha value is -0.600. The first-order valence-corrected chi connectivity index (χ1v) is 12.2. The average molecular weight is 356 g/mol. The van der Waals surface area contributed by atoms with Gasteiger partial charge in [0.2, 0.25) is 0 Å². The maximum atomic E-state index is 2.47. The number of hydrogen-bond donors (Lipinski definition) is 0. The molecule has 2 heteroatoms. The van der Waals surface area contributed by atoms with Gasteiger partial charge < -0.3 is 0 Å². The van der Waals surface area contributed by atoms with Gasteiger partial charge in [0.05, 0.1) is 0 Å². The van der Waals surface area contributed by atoms with E-state index >= 15 is 0 Å². The first-order chi connectivity index (χ1) is 11.8. The molecule has 1 unspecified atom stereocenters. The zero-order valence-corrected chi connectivity index (χ0v) is 16.0. The summed E-state index contributed by atoms with van der Waals surface area (Å²) in [4.78, 5) is 3.10. The minimum atomic E-state index is 0.536. The zero-order valence-electron chi connectivity index (χ0n) is 14.4. The Bertz CT molecular complexity index is 724. The van der Waals surface area contributed by atoms with Crippen LogP contribution in [0, 0.1) is 11.8 Å². The maximum Gasteiger partial charge on any atom is 0.155 e. The van der Waals surface area contributed by atoms with Crippen molar-refractivity contribution >= 4 is 33.4 Å². The highest BCUT2D eigenvalue weighted by Crippen LogP contribution is 2.48. The first kappa shape index (κ1) is 15.6. The monoisotopic (exact) mass is 355 g/mol. The van der Waals surface area contributed by atoms with Gasteiger partial charge in [0.25, 0.3) is 0 Å². The zero-order chi connectivity index (χ0) is 15.9. The normalized spacial score (nSPS) is 30.2.